The average Bonchev–Trinajstić information content (AvgIpc) is 1.15. The number of phosphoric ester groups is 2. The second-order valence-corrected chi connectivity index (χ2v) is 32.1. The molecule has 0 saturated heterocycles. The molecule has 17 nitrogen and oxygen atoms in total. The molecule has 582 valence electrons. The quantitative estimate of drug-likeness (QED) is 0.0222. The van der Waals surface area contributed by atoms with Crippen LogP contribution in [0.25, 0.3) is 0 Å². The highest BCUT2D eigenvalue weighted by atomic mass is 31.2. The van der Waals surface area contributed by atoms with E-state index in [4.69, 9.17) is 37.0 Å². The van der Waals surface area contributed by atoms with Gasteiger partial charge in [0.15, 0.2) is 12.2 Å². The molecule has 19 heteroatoms. The van der Waals surface area contributed by atoms with Gasteiger partial charge in [-0.2, -0.15) is 0 Å². The topological polar surface area (TPSA) is 237 Å². The highest BCUT2D eigenvalue weighted by molar-refractivity contribution is 7.47. The average molecular weight is 1440 g/mol. The first-order valence-electron chi connectivity index (χ1n) is 41.0. The summed E-state index contributed by atoms with van der Waals surface area (Å²) in [5, 5.41) is 10.6. The molecule has 98 heavy (non-hydrogen) atoms. The van der Waals surface area contributed by atoms with Gasteiger partial charge in [0.05, 0.1) is 26.4 Å². The van der Waals surface area contributed by atoms with Crippen LogP contribution in [0.5, 0.6) is 0 Å². The van der Waals surface area contributed by atoms with Crippen molar-refractivity contribution in [3.63, 3.8) is 0 Å². The number of aliphatic hydroxyl groups excluding tert-OH is 1. The standard InChI is InChI=1S/C79H154O17P2/c1-7-10-12-14-16-17-18-19-20-21-22-26-29-32-38-44-50-56-62-77(82)90-68-75(96-78(83)63-57-51-45-39-33-30-27-24-23-25-28-31-36-42-47-53-59-71(4)5)70-94-98(87,88)92-66-73(80)65-91-97(85,86)93-69-74(67-89-76(81)61-55-49-41-15-13-11-8-2)95-79(84)64-58-52-46-40-35-34-37-43-48-54-60-72(6)9-3/h71-75,80H,7-70H2,1-6H3,(H,85,86)(H,87,88)/t72?,73-,74+,75+/m0/s1. The van der Waals surface area contributed by atoms with Crippen molar-refractivity contribution in [2.24, 2.45) is 11.8 Å². The van der Waals surface area contributed by atoms with E-state index in [1.807, 2.05) is 0 Å². The Bertz CT molecular complexity index is 1890. The Morgan fingerprint density at radius 3 is 0.776 bits per heavy atom. The molecule has 0 bridgehead atoms. The van der Waals surface area contributed by atoms with Crippen LogP contribution in [0.15, 0.2) is 0 Å². The SMILES string of the molecule is CCCCCCCCCCCCCCCCCCCCC(=O)OC[C@H](COP(=O)(O)OC[C@@H](O)COP(=O)(O)OC[C@@H](COC(=O)CCCCCCCCC)OC(=O)CCCCCCCCCCCCC(C)CC)OC(=O)CCCCCCCCCCCCCCCCCCC(C)C. The predicted molar refractivity (Wildman–Crippen MR) is 400 cm³/mol. The van der Waals surface area contributed by atoms with E-state index in [-0.39, 0.29) is 25.7 Å². The van der Waals surface area contributed by atoms with Gasteiger partial charge in [-0.3, -0.25) is 37.3 Å². The fraction of sp³-hybridized carbons (Fsp3) is 0.949. The summed E-state index contributed by atoms with van der Waals surface area (Å²) in [6.07, 6.45) is 59.8. The van der Waals surface area contributed by atoms with Crippen LogP contribution in [-0.4, -0.2) is 96.7 Å². The van der Waals surface area contributed by atoms with E-state index in [1.54, 1.807) is 0 Å². The fourth-order valence-corrected chi connectivity index (χ4v) is 13.7. The third-order valence-electron chi connectivity index (χ3n) is 18.8. The van der Waals surface area contributed by atoms with E-state index >= 15 is 0 Å². The number of esters is 4. The summed E-state index contributed by atoms with van der Waals surface area (Å²) in [5.74, 6) is -0.503. The zero-order chi connectivity index (χ0) is 72.1. The number of aliphatic hydroxyl groups is 1. The van der Waals surface area contributed by atoms with Gasteiger partial charge in [-0.15, -0.1) is 0 Å². The molecule has 0 spiro atoms. The molecule has 0 radical (unpaired) electrons. The Hall–Kier alpha value is -1.94. The molecule has 0 aromatic carbocycles. The largest absolute Gasteiger partial charge is 0.472 e. The van der Waals surface area contributed by atoms with Crippen LogP contribution in [0.1, 0.15) is 414 Å². The van der Waals surface area contributed by atoms with Gasteiger partial charge in [0.1, 0.15) is 19.3 Å². The minimum absolute atomic E-state index is 0.106. The van der Waals surface area contributed by atoms with Crippen LogP contribution in [0, 0.1) is 11.8 Å². The fourth-order valence-electron chi connectivity index (χ4n) is 12.2. The molecule has 0 aromatic rings. The van der Waals surface area contributed by atoms with Crippen LogP contribution in [0.2, 0.25) is 0 Å². The van der Waals surface area contributed by atoms with Gasteiger partial charge in [-0.1, -0.05) is 363 Å². The lowest BCUT2D eigenvalue weighted by molar-refractivity contribution is -0.161. The number of unbranched alkanes of at least 4 members (excludes halogenated alkanes) is 47. The van der Waals surface area contributed by atoms with Crippen molar-refractivity contribution in [3.8, 4) is 0 Å². The molecule has 6 atom stereocenters. The summed E-state index contributed by atoms with van der Waals surface area (Å²) in [7, 11) is -9.91. The third kappa shape index (κ3) is 71.1. The molecule has 0 aliphatic rings. The molecule has 0 fully saturated rings. The van der Waals surface area contributed by atoms with Crippen LogP contribution in [0.4, 0.5) is 0 Å². The Balaban J connectivity index is 5.19. The summed E-state index contributed by atoms with van der Waals surface area (Å²) in [6.45, 7) is 9.63. The molecule has 0 heterocycles. The lowest BCUT2D eigenvalue weighted by atomic mass is 9.99. The highest BCUT2D eigenvalue weighted by Gasteiger charge is 2.30. The number of carbonyl (C=O) groups excluding carboxylic acids is 4. The minimum atomic E-state index is -4.96. The maximum absolute atomic E-state index is 13.1. The van der Waals surface area contributed by atoms with Gasteiger partial charge < -0.3 is 33.8 Å². The Labute approximate surface area is 600 Å². The summed E-state index contributed by atoms with van der Waals surface area (Å²) in [5.41, 5.74) is 0. The number of hydrogen-bond acceptors (Lipinski definition) is 15. The molecule has 0 rings (SSSR count). The second kappa shape index (κ2) is 70.7. The smallest absolute Gasteiger partial charge is 0.462 e. The molecular formula is C79H154O17P2. The second-order valence-electron chi connectivity index (χ2n) is 29.2. The van der Waals surface area contributed by atoms with Crippen molar-refractivity contribution < 1.29 is 80.2 Å². The molecule has 3 unspecified atom stereocenters. The number of phosphoric acid groups is 2. The first kappa shape index (κ1) is 96.1. The van der Waals surface area contributed by atoms with Gasteiger partial charge in [0.2, 0.25) is 0 Å². The molecule has 0 aliphatic carbocycles. The maximum Gasteiger partial charge on any atom is 0.472 e. The number of carbonyl (C=O) groups is 4. The van der Waals surface area contributed by atoms with Gasteiger partial charge in [-0.05, 0) is 37.5 Å². The highest BCUT2D eigenvalue weighted by Crippen LogP contribution is 2.45. The first-order chi connectivity index (χ1) is 47.4. The summed E-state index contributed by atoms with van der Waals surface area (Å²) in [4.78, 5) is 72.8. The Morgan fingerprint density at radius 1 is 0.296 bits per heavy atom. The van der Waals surface area contributed by atoms with Gasteiger partial charge in [0.25, 0.3) is 0 Å². The maximum atomic E-state index is 13.1. The van der Waals surface area contributed by atoms with E-state index in [2.05, 4.69) is 41.5 Å². The number of hydrogen-bond donors (Lipinski definition) is 3. The number of ether oxygens (including phenoxy) is 4. The van der Waals surface area contributed by atoms with E-state index in [9.17, 15) is 43.2 Å². The zero-order valence-corrected chi connectivity index (χ0v) is 65.9. The Morgan fingerprint density at radius 2 is 0.520 bits per heavy atom. The van der Waals surface area contributed by atoms with Gasteiger partial charge in [0, 0.05) is 25.7 Å². The molecular weight excluding hydrogens is 1280 g/mol. The zero-order valence-electron chi connectivity index (χ0n) is 64.1. The summed E-state index contributed by atoms with van der Waals surface area (Å²) < 4.78 is 68.5. The van der Waals surface area contributed by atoms with E-state index in [0.717, 1.165) is 115 Å². The normalized spacial score (nSPS) is 14.2. The first-order valence-corrected chi connectivity index (χ1v) is 44.0. The minimum Gasteiger partial charge on any atom is -0.462 e. The van der Waals surface area contributed by atoms with E-state index in [1.165, 1.54) is 218 Å². The molecule has 0 aromatic heterocycles. The van der Waals surface area contributed by atoms with Crippen LogP contribution >= 0.6 is 15.6 Å². The molecule has 0 aliphatic heterocycles. The molecule has 0 amide bonds. The summed E-state index contributed by atoms with van der Waals surface area (Å²) >= 11 is 0. The van der Waals surface area contributed by atoms with Crippen molar-refractivity contribution in [2.45, 2.75) is 432 Å². The van der Waals surface area contributed by atoms with Gasteiger partial charge in [-0.25, -0.2) is 9.13 Å². The molecule has 3 N–H and O–H groups in total. The van der Waals surface area contributed by atoms with Crippen molar-refractivity contribution >= 4 is 39.5 Å². The Kier molecular flexibility index (Phi) is 69.3. The van der Waals surface area contributed by atoms with Crippen LogP contribution in [0.3, 0.4) is 0 Å². The van der Waals surface area contributed by atoms with Crippen molar-refractivity contribution in [1.82, 2.24) is 0 Å². The van der Waals surface area contributed by atoms with Crippen LogP contribution < -0.4 is 0 Å². The van der Waals surface area contributed by atoms with Crippen LogP contribution in [-0.2, 0) is 65.4 Å². The van der Waals surface area contributed by atoms with E-state index in [0.29, 0.717) is 25.7 Å². The molecule has 0 saturated carbocycles. The predicted octanol–water partition coefficient (Wildman–Crippen LogP) is 23.5. The lowest BCUT2D eigenvalue weighted by Crippen LogP contribution is -2.30. The van der Waals surface area contributed by atoms with E-state index < -0.39 is 97.5 Å². The van der Waals surface area contributed by atoms with Crippen molar-refractivity contribution in [3.05, 3.63) is 0 Å². The lowest BCUT2D eigenvalue weighted by Gasteiger charge is -2.21. The summed E-state index contributed by atoms with van der Waals surface area (Å²) in [6, 6.07) is 0. The van der Waals surface area contributed by atoms with Crippen molar-refractivity contribution in [2.75, 3.05) is 39.6 Å². The van der Waals surface area contributed by atoms with Crippen molar-refractivity contribution in [1.29, 1.82) is 0 Å². The number of rotatable bonds is 78. The third-order valence-corrected chi connectivity index (χ3v) is 20.7. The van der Waals surface area contributed by atoms with Gasteiger partial charge >= 0.3 is 39.5 Å². The monoisotopic (exact) mass is 1440 g/mol.